The molecule has 0 aliphatic heterocycles. The SMILES string of the molecule is CCCC.[Br][Zr]([Br])[Br]. The van der Waals surface area contributed by atoms with Crippen molar-refractivity contribution in [2.24, 2.45) is 0 Å². The molecule has 0 bridgehead atoms. The molecule has 0 aromatic rings. The molecule has 0 saturated heterocycles. The number of unbranched alkanes of at least 4 members (excludes halogenated alkanes) is 1. The first-order valence-electron chi connectivity index (χ1n) is 2.48. The summed E-state index contributed by atoms with van der Waals surface area (Å²) in [4.78, 5) is 0. The fourth-order valence-corrected chi connectivity index (χ4v) is 0. The van der Waals surface area contributed by atoms with Crippen molar-refractivity contribution < 1.29 is 14.7 Å². The fraction of sp³-hybridized carbons (Fsp3) is 1.00. The van der Waals surface area contributed by atoms with E-state index in [0.717, 1.165) is 0 Å². The molecule has 0 nitrogen and oxygen atoms in total. The van der Waals surface area contributed by atoms with Gasteiger partial charge in [-0.25, -0.2) is 0 Å². The molecule has 0 N–H and O–H groups in total. The zero-order valence-electron chi connectivity index (χ0n) is 5.05. The molecular weight excluding hydrogens is 379 g/mol. The Bertz CT molecular complexity index is 27.7. The van der Waals surface area contributed by atoms with Gasteiger partial charge in [0.2, 0.25) is 0 Å². The third kappa shape index (κ3) is 40.4. The van der Waals surface area contributed by atoms with Gasteiger partial charge in [0, 0.05) is 0 Å². The molecule has 0 aromatic carbocycles. The molecule has 0 fully saturated rings. The fourth-order valence-electron chi connectivity index (χ4n) is 0. The van der Waals surface area contributed by atoms with Crippen LogP contribution >= 0.6 is 36.7 Å². The molecule has 0 aromatic heterocycles. The van der Waals surface area contributed by atoms with Crippen molar-refractivity contribution >= 4 is 36.7 Å². The van der Waals surface area contributed by atoms with E-state index in [4.69, 9.17) is 0 Å². The van der Waals surface area contributed by atoms with E-state index in [1.165, 1.54) is 12.8 Å². The molecule has 0 rings (SSSR count). The molecule has 0 aliphatic carbocycles. The van der Waals surface area contributed by atoms with E-state index in [1.807, 2.05) is 0 Å². The van der Waals surface area contributed by atoms with Crippen LogP contribution in [0.4, 0.5) is 0 Å². The second-order valence-corrected chi connectivity index (χ2v) is 35.2. The minimum absolute atomic E-state index is 1.11. The van der Waals surface area contributed by atoms with Crippen LogP contribution in [0.2, 0.25) is 0 Å². The molecule has 0 atom stereocenters. The molecule has 0 amide bonds. The van der Waals surface area contributed by atoms with Crippen LogP contribution in [0, 0.1) is 0 Å². The van der Waals surface area contributed by atoms with Crippen LogP contribution in [0.3, 0.4) is 0 Å². The van der Waals surface area contributed by atoms with Gasteiger partial charge in [0.1, 0.15) is 0 Å². The van der Waals surface area contributed by atoms with Crippen molar-refractivity contribution in [2.45, 2.75) is 26.7 Å². The Hall–Kier alpha value is 2.32. The van der Waals surface area contributed by atoms with Crippen LogP contribution in [0.1, 0.15) is 26.7 Å². The summed E-state index contributed by atoms with van der Waals surface area (Å²) in [6, 6.07) is 0. The molecule has 8 heavy (non-hydrogen) atoms. The van der Waals surface area contributed by atoms with Gasteiger partial charge in [-0.15, -0.1) is 0 Å². The van der Waals surface area contributed by atoms with Crippen LogP contribution < -0.4 is 0 Å². The molecule has 0 aliphatic rings. The molecule has 0 radical (unpaired) electrons. The van der Waals surface area contributed by atoms with Gasteiger partial charge < -0.3 is 0 Å². The first-order chi connectivity index (χ1) is 3.65. The van der Waals surface area contributed by atoms with E-state index in [9.17, 15) is 0 Å². The Labute approximate surface area is 76.8 Å². The van der Waals surface area contributed by atoms with Gasteiger partial charge in [-0.1, -0.05) is 26.7 Å². The second kappa shape index (κ2) is 12.0. The van der Waals surface area contributed by atoms with Crippen LogP contribution in [-0.2, 0) is 14.7 Å². The predicted molar refractivity (Wildman–Crippen MR) is 47.4 cm³/mol. The van der Waals surface area contributed by atoms with Crippen molar-refractivity contribution in [3.63, 3.8) is 0 Å². The van der Waals surface area contributed by atoms with E-state index in [1.54, 1.807) is 0 Å². The molecule has 0 heterocycles. The second-order valence-electron chi connectivity index (χ2n) is 1.21. The van der Waals surface area contributed by atoms with Gasteiger partial charge in [-0.3, -0.25) is 0 Å². The molecular formula is C4H10Br3Zr. The quantitative estimate of drug-likeness (QED) is 0.626. The monoisotopic (exact) mass is 385 g/mol. The van der Waals surface area contributed by atoms with Gasteiger partial charge in [-0.2, -0.15) is 0 Å². The van der Waals surface area contributed by atoms with Crippen LogP contribution in [0.5, 0.6) is 0 Å². The van der Waals surface area contributed by atoms with Crippen molar-refractivity contribution in [3.8, 4) is 0 Å². The van der Waals surface area contributed by atoms with E-state index < -0.39 is 14.7 Å². The zero-order valence-corrected chi connectivity index (χ0v) is 12.3. The number of rotatable bonds is 1. The van der Waals surface area contributed by atoms with E-state index in [-0.39, 0.29) is 0 Å². The van der Waals surface area contributed by atoms with E-state index >= 15 is 0 Å². The number of hydrogen-bond donors (Lipinski definition) is 0. The summed E-state index contributed by atoms with van der Waals surface area (Å²) in [5, 5.41) is 0. The van der Waals surface area contributed by atoms with E-state index in [2.05, 4.69) is 50.5 Å². The summed E-state index contributed by atoms with van der Waals surface area (Å²) in [7, 11) is 0. The van der Waals surface area contributed by atoms with Gasteiger partial charge in [0.15, 0.2) is 0 Å². The van der Waals surface area contributed by atoms with Crippen molar-refractivity contribution in [2.75, 3.05) is 0 Å². The molecule has 51 valence electrons. The summed E-state index contributed by atoms with van der Waals surface area (Å²) >= 11 is 8.80. The average Bonchev–Trinajstić information content (AvgIpc) is 1.65. The minimum atomic E-state index is -1.11. The van der Waals surface area contributed by atoms with Crippen LogP contribution in [0.25, 0.3) is 0 Å². The van der Waals surface area contributed by atoms with Gasteiger partial charge >= 0.3 is 51.4 Å². The standard InChI is InChI=1S/C4H10.3BrH.Zr/c1-3-4-2;;;;/h3-4H2,1-2H3;3*1H;/q;;;;+3/p-3. The molecule has 4 heteroatoms. The predicted octanol–water partition coefficient (Wildman–Crippen LogP) is 4.34. The summed E-state index contributed by atoms with van der Waals surface area (Å²) in [6.45, 7) is 4.36. The third-order valence-electron chi connectivity index (χ3n) is 0.500. The summed E-state index contributed by atoms with van der Waals surface area (Å²) < 4.78 is 0. The Kier molecular flexibility index (Phi) is 19.5. The Morgan fingerprint density at radius 3 is 1.12 bits per heavy atom. The molecule has 0 saturated carbocycles. The Balaban J connectivity index is 0. The maximum absolute atomic E-state index is 3.30. The van der Waals surface area contributed by atoms with Crippen molar-refractivity contribution in [1.82, 2.24) is 0 Å². The average molecular weight is 389 g/mol. The van der Waals surface area contributed by atoms with Crippen molar-refractivity contribution in [1.29, 1.82) is 0 Å². The van der Waals surface area contributed by atoms with Gasteiger partial charge in [0.25, 0.3) is 0 Å². The molecule has 0 unspecified atom stereocenters. The number of halogens is 3. The summed E-state index contributed by atoms with van der Waals surface area (Å²) in [6.07, 6.45) is 2.64. The van der Waals surface area contributed by atoms with E-state index in [0.29, 0.717) is 0 Å². The normalized spacial score (nSPS) is 7.12. The van der Waals surface area contributed by atoms with Crippen LogP contribution in [0.15, 0.2) is 0 Å². The van der Waals surface area contributed by atoms with Crippen molar-refractivity contribution in [3.05, 3.63) is 0 Å². The molecule has 0 spiro atoms. The van der Waals surface area contributed by atoms with Crippen LogP contribution in [-0.4, -0.2) is 0 Å². The Morgan fingerprint density at radius 2 is 1.12 bits per heavy atom. The zero-order chi connectivity index (χ0) is 6.99. The maximum atomic E-state index is 3.30. The first kappa shape index (κ1) is 13.0. The summed E-state index contributed by atoms with van der Waals surface area (Å²) in [5.41, 5.74) is 0. The van der Waals surface area contributed by atoms with Gasteiger partial charge in [-0.05, 0) is 0 Å². The Morgan fingerprint density at radius 1 is 1.00 bits per heavy atom. The summed E-state index contributed by atoms with van der Waals surface area (Å²) in [5.74, 6) is 0. The topological polar surface area (TPSA) is 0 Å². The third-order valence-corrected chi connectivity index (χ3v) is 0.500. The number of hydrogen-bond acceptors (Lipinski definition) is 0. The first-order valence-corrected chi connectivity index (χ1v) is 19.3. The van der Waals surface area contributed by atoms with Gasteiger partial charge in [0.05, 0.1) is 0 Å².